The SMILES string of the molecule is CCCCOC(=O)C(CC(C)C)NC(=O)c1ccc(F)c(F)c1F. The Balaban J connectivity index is 2.87. The standard InChI is InChI=1S/C17H22F3NO3/c1-4-5-8-24-17(23)13(9-10(2)3)21-16(22)11-6-7-12(18)15(20)14(11)19/h6-7,10,13H,4-5,8-9H2,1-3H3,(H,21,22). The fourth-order valence-corrected chi connectivity index (χ4v) is 2.04. The predicted octanol–water partition coefficient (Wildman–Crippen LogP) is 3.59. The molecule has 0 aliphatic carbocycles. The molecule has 0 spiro atoms. The summed E-state index contributed by atoms with van der Waals surface area (Å²) < 4.78 is 44.9. The van der Waals surface area contributed by atoms with Gasteiger partial charge in [-0.15, -0.1) is 0 Å². The van der Waals surface area contributed by atoms with Crippen molar-refractivity contribution in [2.75, 3.05) is 6.61 Å². The van der Waals surface area contributed by atoms with E-state index in [-0.39, 0.29) is 18.9 Å². The largest absolute Gasteiger partial charge is 0.464 e. The monoisotopic (exact) mass is 345 g/mol. The summed E-state index contributed by atoms with van der Waals surface area (Å²) in [4.78, 5) is 24.2. The summed E-state index contributed by atoms with van der Waals surface area (Å²) in [6.07, 6.45) is 1.81. The lowest BCUT2D eigenvalue weighted by molar-refractivity contribution is -0.146. The first-order chi connectivity index (χ1) is 11.3. The van der Waals surface area contributed by atoms with Crippen molar-refractivity contribution in [3.8, 4) is 0 Å². The molecule has 7 heteroatoms. The van der Waals surface area contributed by atoms with Crippen LogP contribution in [0.5, 0.6) is 0 Å². The molecule has 0 heterocycles. The van der Waals surface area contributed by atoms with Crippen molar-refractivity contribution in [2.45, 2.75) is 46.1 Å². The molecule has 1 N–H and O–H groups in total. The van der Waals surface area contributed by atoms with Gasteiger partial charge in [0.15, 0.2) is 17.5 Å². The maximum Gasteiger partial charge on any atom is 0.328 e. The van der Waals surface area contributed by atoms with Crippen LogP contribution in [-0.2, 0) is 9.53 Å². The molecule has 1 unspecified atom stereocenters. The molecule has 1 aromatic rings. The number of hydrogen-bond acceptors (Lipinski definition) is 3. The Morgan fingerprint density at radius 3 is 2.42 bits per heavy atom. The van der Waals surface area contributed by atoms with Crippen molar-refractivity contribution in [1.82, 2.24) is 5.32 Å². The quantitative estimate of drug-likeness (QED) is 0.445. The fourth-order valence-electron chi connectivity index (χ4n) is 2.04. The Morgan fingerprint density at radius 1 is 1.17 bits per heavy atom. The Bertz CT molecular complexity index is 591. The van der Waals surface area contributed by atoms with Crippen LogP contribution >= 0.6 is 0 Å². The van der Waals surface area contributed by atoms with Crippen LogP contribution in [0.4, 0.5) is 13.2 Å². The molecule has 0 fully saturated rings. The molecular formula is C17H22F3NO3. The minimum atomic E-state index is -1.73. The van der Waals surface area contributed by atoms with E-state index in [9.17, 15) is 22.8 Å². The molecule has 0 saturated carbocycles. The van der Waals surface area contributed by atoms with Crippen LogP contribution in [0.2, 0.25) is 0 Å². The molecule has 1 rings (SSSR count). The molecule has 0 radical (unpaired) electrons. The number of carbonyl (C=O) groups is 2. The normalized spacial score (nSPS) is 12.1. The van der Waals surface area contributed by atoms with Crippen LogP contribution in [0, 0.1) is 23.4 Å². The summed E-state index contributed by atoms with van der Waals surface area (Å²) in [5.74, 6) is -6.27. The van der Waals surface area contributed by atoms with E-state index in [1.807, 2.05) is 20.8 Å². The molecule has 4 nitrogen and oxygen atoms in total. The zero-order valence-corrected chi connectivity index (χ0v) is 14.0. The van der Waals surface area contributed by atoms with Gasteiger partial charge in [-0.05, 0) is 30.9 Å². The van der Waals surface area contributed by atoms with Crippen LogP contribution < -0.4 is 5.32 Å². The van der Waals surface area contributed by atoms with E-state index in [0.717, 1.165) is 12.5 Å². The second kappa shape index (κ2) is 9.30. The van der Waals surface area contributed by atoms with Crippen molar-refractivity contribution < 1.29 is 27.5 Å². The highest BCUT2D eigenvalue weighted by Gasteiger charge is 2.26. The lowest BCUT2D eigenvalue weighted by atomic mass is 10.0. The number of hydrogen-bond donors (Lipinski definition) is 1. The molecule has 0 aliphatic heterocycles. The molecule has 134 valence electrons. The molecule has 1 amide bonds. The third-order valence-electron chi connectivity index (χ3n) is 3.32. The van der Waals surface area contributed by atoms with Crippen molar-refractivity contribution >= 4 is 11.9 Å². The topological polar surface area (TPSA) is 55.4 Å². The summed E-state index contributed by atoms with van der Waals surface area (Å²) in [6.45, 7) is 5.85. The van der Waals surface area contributed by atoms with Gasteiger partial charge in [-0.1, -0.05) is 27.2 Å². The summed E-state index contributed by atoms with van der Waals surface area (Å²) in [5.41, 5.74) is -0.663. The minimum absolute atomic E-state index is 0.0591. The Morgan fingerprint density at radius 2 is 1.83 bits per heavy atom. The summed E-state index contributed by atoms with van der Waals surface area (Å²) in [7, 11) is 0. The van der Waals surface area contributed by atoms with E-state index < -0.39 is 40.9 Å². The first kappa shape index (κ1) is 20.0. The van der Waals surface area contributed by atoms with Gasteiger partial charge >= 0.3 is 5.97 Å². The number of benzene rings is 1. The molecule has 0 aliphatic rings. The lowest BCUT2D eigenvalue weighted by Crippen LogP contribution is -2.43. The maximum absolute atomic E-state index is 13.7. The lowest BCUT2D eigenvalue weighted by Gasteiger charge is -2.19. The number of halogens is 3. The van der Waals surface area contributed by atoms with E-state index in [1.54, 1.807) is 0 Å². The van der Waals surface area contributed by atoms with Gasteiger partial charge in [0.1, 0.15) is 6.04 Å². The second-order valence-corrected chi connectivity index (χ2v) is 5.90. The van der Waals surface area contributed by atoms with Gasteiger partial charge in [0.05, 0.1) is 12.2 Å². The first-order valence-corrected chi connectivity index (χ1v) is 7.88. The Hall–Kier alpha value is -2.05. The average Bonchev–Trinajstić information content (AvgIpc) is 2.51. The molecule has 0 saturated heterocycles. The van der Waals surface area contributed by atoms with Crippen LogP contribution in [0.3, 0.4) is 0 Å². The van der Waals surface area contributed by atoms with Crippen LogP contribution in [0.25, 0.3) is 0 Å². The highest BCUT2D eigenvalue weighted by Crippen LogP contribution is 2.16. The number of nitrogens with one attached hydrogen (secondary N) is 1. The van der Waals surface area contributed by atoms with E-state index in [1.165, 1.54) is 0 Å². The number of amides is 1. The van der Waals surface area contributed by atoms with Crippen molar-refractivity contribution in [2.24, 2.45) is 5.92 Å². The number of rotatable bonds is 8. The van der Waals surface area contributed by atoms with Crippen LogP contribution in [-0.4, -0.2) is 24.5 Å². The highest BCUT2D eigenvalue weighted by atomic mass is 19.2. The first-order valence-electron chi connectivity index (χ1n) is 7.88. The third-order valence-corrected chi connectivity index (χ3v) is 3.32. The number of unbranched alkanes of at least 4 members (excludes halogenated alkanes) is 1. The van der Waals surface area contributed by atoms with E-state index in [4.69, 9.17) is 4.74 Å². The Kier molecular flexibility index (Phi) is 7.74. The molecule has 0 bridgehead atoms. The van der Waals surface area contributed by atoms with Gasteiger partial charge < -0.3 is 10.1 Å². The predicted molar refractivity (Wildman–Crippen MR) is 82.9 cm³/mol. The van der Waals surface area contributed by atoms with Gasteiger partial charge in [-0.2, -0.15) is 0 Å². The van der Waals surface area contributed by atoms with Gasteiger partial charge in [0.25, 0.3) is 5.91 Å². The van der Waals surface area contributed by atoms with Gasteiger partial charge in [-0.3, -0.25) is 4.79 Å². The second-order valence-electron chi connectivity index (χ2n) is 5.90. The van der Waals surface area contributed by atoms with Gasteiger partial charge in [0, 0.05) is 0 Å². The molecule has 0 aromatic heterocycles. The molecule has 1 atom stereocenters. The average molecular weight is 345 g/mol. The molecule has 1 aromatic carbocycles. The van der Waals surface area contributed by atoms with E-state index >= 15 is 0 Å². The zero-order valence-electron chi connectivity index (χ0n) is 14.0. The van der Waals surface area contributed by atoms with Crippen molar-refractivity contribution in [3.05, 3.63) is 35.1 Å². The smallest absolute Gasteiger partial charge is 0.328 e. The van der Waals surface area contributed by atoms with Crippen molar-refractivity contribution in [1.29, 1.82) is 0 Å². The maximum atomic E-state index is 13.7. The summed E-state index contributed by atoms with van der Waals surface area (Å²) >= 11 is 0. The summed E-state index contributed by atoms with van der Waals surface area (Å²) in [5, 5.41) is 2.34. The number of carbonyl (C=O) groups excluding carboxylic acids is 2. The fraction of sp³-hybridized carbons (Fsp3) is 0.529. The van der Waals surface area contributed by atoms with Crippen LogP contribution in [0.1, 0.15) is 50.4 Å². The van der Waals surface area contributed by atoms with E-state index in [2.05, 4.69) is 5.32 Å². The Labute approximate surface area is 139 Å². The number of ether oxygens (including phenoxy) is 1. The highest BCUT2D eigenvalue weighted by molar-refractivity contribution is 5.97. The van der Waals surface area contributed by atoms with Gasteiger partial charge in [-0.25, -0.2) is 18.0 Å². The van der Waals surface area contributed by atoms with E-state index in [0.29, 0.717) is 12.5 Å². The molecular weight excluding hydrogens is 323 g/mol. The van der Waals surface area contributed by atoms with Crippen LogP contribution in [0.15, 0.2) is 12.1 Å². The molecule has 24 heavy (non-hydrogen) atoms. The van der Waals surface area contributed by atoms with Crippen molar-refractivity contribution in [3.63, 3.8) is 0 Å². The number of esters is 1. The van der Waals surface area contributed by atoms with Gasteiger partial charge in [0.2, 0.25) is 0 Å². The zero-order chi connectivity index (χ0) is 18.3. The minimum Gasteiger partial charge on any atom is -0.464 e. The summed E-state index contributed by atoms with van der Waals surface area (Å²) in [6, 6.07) is 0.504. The third kappa shape index (κ3) is 5.54.